The quantitative estimate of drug-likeness (QED) is 0.214. The van der Waals surface area contributed by atoms with Crippen LogP contribution in [0.4, 0.5) is 0 Å². The van der Waals surface area contributed by atoms with E-state index in [0.29, 0.717) is 0 Å². The van der Waals surface area contributed by atoms with Crippen LogP contribution in [0.2, 0.25) is 5.02 Å². The van der Waals surface area contributed by atoms with E-state index in [2.05, 4.69) is 138 Å². The number of rotatable bonds is 3. The van der Waals surface area contributed by atoms with E-state index >= 15 is 0 Å². The van der Waals surface area contributed by atoms with Crippen molar-refractivity contribution in [3.63, 3.8) is 0 Å². The fourth-order valence-electron chi connectivity index (χ4n) is 6.31. The maximum atomic E-state index is 6.21. The highest BCUT2D eigenvalue weighted by Gasteiger charge is 2.19. The lowest BCUT2D eigenvalue weighted by Gasteiger charge is -2.15. The molecule has 0 aliphatic rings. The van der Waals surface area contributed by atoms with Gasteiger partial charge >= 0.3 is 0 Å². The Kier molecular flexibility index (Phi) is 5.26. The molecular weight excluding hydrogens is 506 g/mol. The van der Waals surface area contributed by atoms with Crippen LogP contribution >= 0.6 is 11.6 Å². The smallest absolute Gasteiger partial charge is 0.0548 e. The lowest BCUT2D eigenvalue weighted by Crippen LogP contribution is -1.96. The first-order chi connectivity index (χ1) is 19.8. The largest absolute Gasteiger partial charge is 0.309 e. The van der Waals surface area contributed by atoms with E-state index in [1.54, 1.807) is 0 Å². The zero-order chi connectivity index (χ0) is 26.6. The van der Waals surface area contributed by atoms with Crippen LogP contribution in [0, 0.1) is 0 Å². The standard InChI is InChI=1S/C38H24ClN/c39-28-20-17-26(18-21-28)29-22-24-35(32-13-5-4-12-31(29)32)40-34-16-7-6-14-33(34)38-36(40)23-19-27-11-8-15-30(37(27)38)25-9-2-1-3-10-25/h1-24H. The Morgan fingerprint density at radius 2 is 1.10 bits per heavy atom. The van der Waals surface area contributed by atoms with E-state index in [0.717, 1.165) is 10.6 Å². The van der Waals surface area contributed by atoms with Crippen molar-refractivity contribution in [1.29, 1.82) is 0 Å². The molecule has 1 aromatic heterocycles. The molecule has 0 spiro atoms. The van der Waals surface area contributed by atoms with Crippen molar-refractivity contribution >= 4 is 55.0 Å². The first-order valence-corrected chi connectivity index (χ1v) is 13.9. The number of fused-ring (bicyclic) bond motifs is 6. The maximum Gasteiger partial charge on any atom is 0.0548 e. The second-order valence-corrected chi connectivity index (χ2v) is 10.7. The van der Waals surface area contributed by atoms with Crippen LogP contribution < -0.4 is 0 Å². The highest BCUT2D eigenvalue weighted by Crippen LogP contribution is 2.42. The molecule has 0 N–H and O–H groups in total. The summed E-state index contributed by atoms with van der Waals surface area (Å²) in [6.45, 7) is 0. The van der Waals surface area contributed by atoms with Gasteiger partial charge in [-0.15, -0.1) is 0 Å². The predicted molar refractivity (Wildman–Crippen MR) is 172 cm³/mol. The van der Waals surface area contributed by atoms with Gasteiger partial charge in [0, 0.05) is 21.2 Å². The van der Waals surface area contributed by atoms with Crippen molar-refractivity contribution < 1.29 is 0 Å². The number of halogens is 1. The molecule has 0 saturated heterocycles. The molecule has 2 heteroatoms. The van der Waals surface area contributed by atoms with Gasteiger partial charge < -0.3 is 4.57 Å². The summed E-state index contributed by atoms with van der Waals surface area (Å²) in [5, 5.41) is 8.28. The minimum atomic E-state index is 0.747. The molecule has 0 bridgehead atoms. The van der Waals surface area contributed by atoms with E-state index in [-0.39, 0.29) is 0 Å². The Balaban J connectivity index is 1.49. The highest BCUT2D eigenvalue weighted by molar-refractivity contribution is 6.30. The molecule has 0 amide bonds. The summed E-state index contributed by atoms with van der Waals surface area (Å²) in [6.07, 6.45) is 0. The lowest BCUT2D eigenvalue weighted by molar-refractivity contribution is 1.20. The monoisotopic (exact) mass is 529 g/mol. The molecule has 188 valence electrons. The molecule has 0 atom stereocenters. The van der Waals surface area contributed by atoms with Gasteiger partial charge in [0.25, 0.3) is 0 Å². The van der Waals surface area contributed by atoms with Crippen molar-refractivity contribution in [3.8, 4) is 27.9 Å². The first kappa shape index (κ1) is 23.1. The van der Waals surface area contributed by atoms with Crippen molar-refractivity contribution in [2.45, 2.75) is 0 Å². The minimum absolute atomic E-state index is 0.747. The molecule has 0 fully saturated rings. The van der Waals surface area contributed by atoms with Gasteiger partial charge in [0.1, 0.15) is 0 Å². The number of hydrogen-bond donors (Lipinski definition) is 0. The zero-order valence-electron chi connectivity index (χ0n) is 21.7. The number of benzene rings is 7. The Morgan fingerprint density at radius 3 is 1.93 bits per heavy atom. The topological polar surface area (TPSA) is 4.93 Å². The van der Waals surface area contributed by atoms with Crippen LogP contribution in [-0.4, -0.2) is 4.57 Å². The molecular formula is C38H24ClN. The molecule has 8 aromatic rings. The van der Waals surface area contributed by atoms with Crippen LogP contribution in [0.1, 0.15) is 0 Å². The average Bonchev–Trinajstić information content (AvgIpc) is 3.35. The van der Waals surface area contributed by atoms with Gasteiger partial charge in [0.15, 0.2) is 0 Å². The number of nitrogens with zero attached hydrogens (tertiary/aromatic N) is 1. The summed E-state index contributed by atoms with van der Waals surface area (Å²) in [7, 11) is 0. The van der Waals surface area contributed by atoms with E-state index in [9.17, 15) is 0 Å². The maximum absolute atomic E-state index is 6.21. The molecule has 0 aliphatic carbocycles. The molecule has 0 unspecified atom stereocenters. The van der Waals surface area contributed by atoms with Gasteiger partial charge in [0.2, 0.25) is 0 Å². The molecule has 8 rings (SSSR count). The fraction of sp³-hybridized carbons (Fsp3) is 0. The summed E-state index contributed by atoms with van der Waals surface area (Å²) in [4.78, 5) is 0. The van der Waals surface area contributed by atoms with E-state index in [4.69, 9.17) is 11.6 Å². The first-order valence-electron chi connectivity index (χ1n) is 13.6. The van der Waals surface area contributed by atoms with Gasteiger partial charge in [-0.25, -0.2) is 0 Å². The number of aromatic nitrogens is 1. The third kappa shape index (κ3) is 3.49. The number of hydrogen-bond acceptors (Lipinski definition) is 0. The minimum Gasteiger partial charge on any atom is -0.309 e. The lowest BCUT2D eigenvalue weighted by atomic mass is 9.94. The van der Waals surface area contributed by atoms with Crippen LogP contribution in [0.15, 0.2) is 146 Å². The Hall–Kier alpha value is -4.85. The fourth-order valence-corrected chi connectivity index (χ4v) is 6.44. The van der Waals surface area contributed by atoms with E-state index < -0.39 is 0 Å². The Morgan fingerprint density at radius 1 is 0.400 bits per heavy atom. The summed E-state index contributed by atoms with van der Waals surface area (Å²) in [6, 6.07) is 52.1. The number of para-hydroxylation sites is 1. The SMILES string of the molecule is Clc1ccc(-c2ccc(-n3c4ccccc4c4c5c(-c6ccccc6)cccc5ccc43)c3ccccc23)cc1. The molecule has 1 nitrogen and oxygen atoms in total. The van der Waals surface area contributed by atoms with Gasteiger partial charge in [0.05, 0.1) is 16.7 Å². The van der Waals surface area contributed by atoms with Crippen LogP contribution in [-0.2, 0) is 0 Å². The highest BCUT2D eigenvalue weighted by atomic mass is 35.5. The average molecular weight is 530 g/mol. The zero-order valence-corrected chi connectivity index (χ0v) is 22.4. The molecule has 0 saturated carbocycles. The van der Waals surface area contributed by atoms with Gasteiger partial charge in [-0.05, 0) is 68.7 Å². The van der Waals surface area contributed by atoms with Gasteiger partial charge in [-0.3, -0.25) is 0 Å². The summed E-state index contributed by atoms with van der Waals surface area (Å²) >= 11 is 6.21. The van der Waals surface area contributed by atoms with Crippen molar-refractivity contribution in [3.05, 3.63) is 151 Å². The second kappa shape index (κ2) is 9.12. The molecule has 1 heterocycles. The normalized spacial score (nSPS) is 11.6. The molecule has 0 radical (unpaired) electrons. The van der Waals surface area contributed by atoms with Crippen molar-refractivity contribution in [2.24, 2.45) is 0 Å². The Labute approximate surface area is 237 Å². The third-order valence-electron chi connectivity index (χ3n) is 8.06. The van der Waals surface area contributed by atoms with Crippen molar-refractivity contribution in [1.82, 2.24) is 4.57 Å². The summed E-state index contributed by atoms with van der Waals surface area (Å²) in [5.41, 5.74) is 8.45. The van der Waals surface area contributed by atoms with Crippen molar-refractivity contribution in [2.75, 3.05) is 0 Å². The van der Waals surface area contributed by atoms with Crippen LogP contribution in [0.3, 0.4) is 0 Å². The summed E-state index contributed by atoms with van der Waals surface area (Å²) < 4.78 is 2.44. The van der Waals surface area contributed by atoms with E-state index in [1.807, 2.05) is 12.1 Å². The Bertz CT molecular complexity index is 2210. The molecule has 7 aromatic carbocycles. The van der Waals surface area contributed by atoms with E-state index in [1.165, 1.54) is 65.7 Å². The molecule has 0 aliphatic heterocycles. The van der Waals surface area contributed by atoms with Gasteiger partial charge in [-0.2, -0.15) is 0 Å². The summed E-state index contributed by atoms with van der Waals surface area (Å²) in [5.74, 6) is 0. The predicted octanol–water partition coefficient (Wildman–Crippen LogP) is 11.1. The second-order valence-electron chi connectivity index (χ2n) is 10.3. The van der Waals surface area contributed by atoms with Crippen LogP contribution in [0.5, 0.6) is 0 Å². The van der Waals surface area contributed by atoms with Crippen LogP contribution in [0.25, 0.3) is 71.3 Å². The van der Waals surface area contributed by atoms with Gasteiger partial charge in [-0.1, -0.05) is 127 Å². The third-order valence-corrected chi connectivity index (χ3v) is 8.31. The molecule has 40 heavy (non-hydrogen) atoms.